The van der Waals surface area contributed by atoms with Gasteiger partial charge in [-0.25, -0.2) is 0 Å². The fourth-order valence-electron chi connectivity index (χ4n) is 8.86. The second-order valence-corrected chi connectivity index (χ2v) is 20.6. The van der Waals surface area contributed by atoms with Crippen LogP contribution in [0.1, 0.15) is 310 Å². The first-order valence-corrected chi connectivity index (χ1v) is 30.9. The third-order valence-electron chi connectivity index (χ3n) is 13.5. The van der Waals surface area contributed by atoms with E-state index in [0.717, 1.165) is 109 Å². The van der Waals surface area contributed by atoms with Crippen LogP contribution in [-0.4, -0.2) is 37.2 Å². The van der Waals surface area contributed by atoms with Crippen LogP contribution in [0.15, 0.2) is 72.9 Å². The van der Waals surface area contributed by atoms with Crippen molar-refractivity contribution in [2.45, 2.75) is 316 Å². The molecule has 0 amide bonds. The van der Waals surface area contributed by atoms with E-state index in [0.29, 0.717) is 19.3 Å². The first-order chi connectivity index (χ1) is 35.5. The summed E-state index contributed by atoms with van der Waals surface area (Å²) in [7, 11) is 0. The average molecular weight is 1010 g/mol. The van der Waals surface area contributed by atoms with Crippen molar-refractivity contribution in [2.75, 3.05) is 13.2 Å². The molecule has 6 nitrogen and oxygen atoms in total. The molecule has 0 aromatic carbocycles. The molecule has 0 aliphatic carbocycles. The number of ether oxygens (including phenoxy) is 3. The Kier molecular flexibility index (Phi) is 57.8. The molecule has 0 heterocycles. The minimum absolute atomic E-state index is 0.0758. The Labute approximate surface area is 446 Å². The Morgan fingerprint density at radius 2 is 0.542 bits per heavy atom. The van der Waals surface area contributed by atoms with E-state index >= 15 is 0 Å². The normalized spacial score (nSPS) is 12.5. The lowest BCUT2D eigenvalue weighted by Crippen LogP contribution is -2.30. The molecule has 0 aliphatic heterocycles. The van der Waals surface area contributed by atoms with E-state index in [2.05, 4.69) is 93.7 Å². The highest BCUT2D eigenvalue weighted by Crippen LogP contribution is 2.17. The van der Waals surface area contributed by atoms with Crippen LogP contribution in [0, 0.1) is 0 Å². The molecule has 0 radical (unpaired) electrons. The van der Waals surface area contributed by atoms with Gasteiger partial charge in [-0.1, -0.05) is 293 Å². The standard InChI is InChI=1S/C66H116O6/c1-4-7-10-13-15-17-19-21-23-25-27-29-31-32-33-34-35-37-38-40-42-44-46-48-50-53-56-59-65(68)71-62-63(61-70-64(67)58-55-52-12-9-6-3)72-66(69)60-57-54-51-49-47-45-43-41-39-36-30-28-26-24-22-20-18-16-14-11-8-5-2/h7,10,15,17,21,23,27,29,32-33,35,37,63H,4-6,8-9,11-14,16,18-20,22,24-26,28,30-31,34,36,38-62H2,1-3H3/b10-7-,17-15-,23-21-,29-27-,33-32-,37-35-. The summed E-state index contributed by atoms with van der Waals surface area (Å²) in [5.41, 5.74) is 0. The third kappa shape index (κ3) is 57.7. The van der Waals surface area contributed by atoms with E-state index in [1.807, 2.05) is 0 Å². The number of hydrogen-bond acceptors (Lipinski definition) is 6. The van der Waals surface area contributed by atoms with Gasteiger partial charge in [0.05, 0.1) is 0 Å². The van der Waals surface area contributed by atoms with Gasteiger partial charge in [0.1, 0.15) is 13.2 Å². The minimum Gasteiger partial charge on any atom is -0.462 e. The van der Waals surface area contributed by atoms with Gasteiger partial charge >= 0.3 is 17.9 Å². The molecule has 416 valence electrons. The van der Waals surface area contributed by atoms with Gasteiger partial charge in [-0.15, -0.1) is 0 Å². The second kappa shape index (κ2) is 60.4. The molecule has 1 atom stereocenters. The van der Waals surface area contributed by atoms with Gasteiger partial charge in [0.15, 0.2) is 6.10 Å². The van der Waals surface area contributed by atoms with Crippen molar-refractivity contribution in [1.29, 1.82) is 0 Å². The number of allylic oxidation sites excluding steroid dienone is 12. The molecule has 0 aliphatic rings. The summed E-state index contributed by atoms with van der Waals surface area (Å²) in [5, 5.41) is 0. The molecule has 0 rings (SSSR count). The maximum absolute atomic E-state index is 12.8. The fraction of sp³-hybridized carbons (Fsp3) is 0.773. The number of hydrogen-bond donors (Lipinski definition) is 0. The number of carbonyl (C=O) groups excluding carboxylic acids is 3. The summed E-state index contributed by atoms with van der Waals surface area (Å²) >= 11 is 0. The summed E-state index contributed by atoms with van der Waals surface area (Å²) in [6, 6.07) is 0. The van der Waals surface area contributed by atoms with Gasteiger partial charge in [0.2, 0.25) is 0 Å². The van der Waals surface area contributed by atoms with Crippen LogP contribution >= 0.6 is 0 Å². The van der Waals surface area contributed by atoms with E-state index in [1.165, 1.54) is 161 Å². The molecular formula is C66H116O6. The summed E-state index contributed by atoms with van der Waals surface area (Å²) in [5.74, 6) is -0.885. The molecule has 72 heavy (non-hydrogen) atoms. The molecule has 0 saturated carbocycles. The van der Waals surface area contributed by atoms with E-state index in [1.54, 1.807) is 0 Å². The predicted octanol–water partition coefficient (Wildman–Crippen LogP) is 20.9. The van der Waals surface area contributed by atoms with Crippen molar-refractivity contribution < 1.29 is 28.6 Å². The lowest BCUT2D eigenvalue weighted by molar-refractivity contribution is -0.167. The second-order valence-electron chi connectivity index (χ2n) is 20.6. The van der Waals surface area contributed by atoms with Crippen molar-refractivity contribution in [3.8, 4) is 0 Å². The molecule has 0 aromatic heterocycles. The van der Waals surface area contributed by atoms with Crippen LogP contribution in [0.4, 0.5) is 0 Å². The van der Waals surface area contributed by atoms with Crippen molar-refractivity contribution in [3.05, 3.63) is 72.9 Å². The molecule has 6 heteroatoms. The van der Waals surface area contributed by atoms with E-state index in [9.17, 15) is 14.4 Å². The molecule has 0 saturated heterocycles. The number of carbonyl (C=O) groups is 3. The zero-order valence-electron chi connectivity index (χ0n) is 47.7. The lowest BCUT2D eigenvalue weighted by atomic mass is 10.0. The summed E-state index contributed by atoms with van der Waals surface area (Å²) in [6.45, 7) is 6.47. The van der Waals surface area contributed by atoms with Crippen molar-refractivity contribution in [1.82, 2.24) is 0 Å². The van der Waals surface area contributed by atoms with E-state index in [4.69, 9.17) is 14.2 Å². The Hall–Kier alpha value is -3.15. The smallest absolute Gasteiger partial charge is 0.306 e. The van der Waals surface area contributed by atoms with Gasteiger partial charge in [-0.2, -0.15) is 0 Å². The Bertz CT molecular complexity index is 1340. The number of unbranched alkanes of at least 4 members (excludes halogenated alkanes) is 33. The maximum Gasteiger partial charge on any atom is 0.306 e. The highest BCUT2D eigenvalue weighted by molar-refractivity contribution is 5.71. The summed E-state index contributed by atoms with van der Waals surface area (Å²) in [6.07, 6.45) is 78.1. The molecule has 0 bridgehead atoms. The first-order valence-electron chi connectivity index (χ1n) is 30.9. The van der Waals surface area contributed by atoms with E-state index < -0.39 is 6.10 Å². The van der Waals surface area contributed by atoms with Crippen molar-refractivity contribution in [2.24, 2.45) is 0 Å². The van der Waals surface area contributed by atoms with Crippen molar-refractivity contribution >= 4 is 17.9 Å². The van der Waals surface area contributed by atoms with Crippen LogP contribution in [-0.2, 0) is 28.6 Å². The molecule has 0 spiro atoms. The van der Waals surface area contributed by atoms with Crippen LogP contribution in [0.5, 0.6) is 0 Å². The van der Waals surface area contributed by atoms with Gasteiger partial charge in [-0.05, 0) is 70.6 Å². The summed E-state index contributed by atoms with van der Waals surface area (Å²) in [4.78, 5) is 37.9. The average Bonchev–Trinajstić information content (AvgIpc) is 3.38. The molecular weight excluding hydrogens is 889 g/mol. The number of esters is 3. The minimum atomic E-state index is -0.774. The quantitative estimate of drug-likeness (QED) is 0.0261. The van der Waals surface area contributed by atoms with Crippen LogP contribution in [0.2, 0.25) is 0 Å². The van der Waals surface area contributed by atoms with E-state index in [-0.39, 0.29) is 31.1 Å². The Morgan fingerprint density at radius 3 is 0.847 bits per heavy atom. The van der Waals surface area contributed by atoms with Crippen LogP contribution in [0.3, 0.4) is 0 Å². The first kappa shape index (κ1) is 68.8. The molecule has 0 aromatic rings. The van der Waals surface area contributed by atoms with Gasteiger partial charge in [-0.3, -0.25) is 14.4 Å². The zero-order valence-corrected chi connectivity index (χ0v) is 47.7. The van der Waals surface area contributed by atoms with Crippen molar-refractivity contribution in [3.63, 3.8) is 0 Å². The van der Waals surface area contributed by atoms with Gasteiger partial charge in [0, 0.05) is 19.3 Å². The largest absolute Gasteiger partial charge is 0.462 e. The van der Waals surface area contributed by atoms with Crippen LogP contribution < -0.4 is 0 Å². The monoisotopic (exact) mass is 1000 g/mol. The Balaban J connectivity index is 4.06. The zero-order chi connectivity index (χ0) is 52.2. The van der Waals surface area contributed by atoms with Gasteiger partial charge < -0.3 is 14.2 Å². The molecule has 1 unspecified atom stereocenters. The number of rotatable bonds is 56. The Morgan fingerprint density at radius 1 is 0.292 bits per heavy atom. The molecule has 0 N–H and O–H groups in total. The predicted molar refractivity (Wildman–Crippen MR) is 311 cm³/mol. The van der Waals surface area contributed by atoms with Gasteiger partial charge in [0.25, 0.3) is 0 Å². The highest BCUT2D eigenvalue weighted by atomic mass is 16.6. The third-order valence-corrected chi connectivity index (χ3v) is 13.5. The lowest BCUT2D eigenvalue weighted by Gasteiger charge is -2.18. The maximum atomic E-state index is 12.8. The van der Waals surface area contributed by atoms with Crippen LogP contribution in [0.25, 0.3) is 0 Å². The molecule has 0 fully saturated rings. The summed E-state index contributed by atoms with van der Waals surface area (Å²) < 4.78 is 16.8. The topological polar surface area (TPSA) is 78.9 Å². The fourth-order valence-corrected chi connectivity index (χ4v) is 8.86. The SMILES string of the molecule is CC/C=C\C/C=C\C/C=C\C/C=C\C/C=C\C/C=C\CCCCCCCCCCC(=O)OCC(COC(=O)CCCCCCC)OC(=O)CCCCCCCCCCCCCCCCCCCCCCCC. The highest BCUT2D eigenvalue weighted by Gasteiger charge is 2.19.